The van der Waals surface area contributed by atoms with Gasteiger partial charge in [-0.25, -0.2) is 64.5 Å². The summed E-state index contributed by atoms with van der Waals surface area (Å²) in [5, 5.41) is 11.3. The molecule has 7 N–H and O–H groups in total. The molecule has 19 nitrogen and oxygen atoms in total. The number of rotatable bonds is 9. The van der Waals surface area contributed by atoms with Crippen LogP contribution in [0.4, 0.5) is 17.5 Å². The maximum atomic E-state index is 5.81. The summed E-state index contributed by atoms with van der Waals surface area (Å²) >= 11 is 22.8. The van der Waals surface area contributed by atoms with Gasteiger partial charge in [0.2, 0.25) is 5.65 Å². The van der Waals surface area contributed by atoms with E-state index in [-0.39, 0.29) is 0 Å². The van der Waals surface area contributed by atoms with Gasteiger partial charge in [0.1, 0.15) is 18.4 Å². The van der Waals surface area contributed by atoms with Crippen LogP contribution in [0.5, 0.6) is 0 Å². The van der Waals surface area contributed by atoms with Crippen LogP contribution in [0.2, 0.25) is 0 Å². The summed E-state index contributed by atoms with van der Waals surface area (Å²) in [5.74, 6) is 3.37. The molecule has 10 rings (SSSR count). The average Bonchev–Trinajstić information content (AvgIpc) is 3.77. The normalized spacial score (nSPS) is 10.5. The second-order valence-corrected chi connectivity index (χ2v) is 20.2. The molecule has 0 aliphatic heterocycles. The molecule has 0 aliphatic rings. The minimum absolute atomic E-state index is 0.362. The lowest BCUT2D eigenvalue weighted by molar-refractivity contribution is 0.664. The summed E-state index contributed by atoms with van der Waals surface area (Å²) in [6, 6.07) is 23.9. The number of nitrogens with two attached hydrogens (primary N) is 3. The van der Waals surface area contributed by atoms with Gasteiger partial charge >= 0.3 is 0 Å². The first-order chi connectivity index (χ1) is 34.3. The molecule has 26 heteroatoms. The average molecular weight is 1400 g/mol. The molecule has 7 heterocycles. The monoisotopic (exact) mass is 1390 g/mol. The number of anilines is 3. The highest BCUT2D eigenvalue weighted by Gasteiger charge is 2.11. The lowest BCUT2D eigenvalue weighted by Gasteiger charge is -2.09. The predicted octanol–water partition coefficient (Wildman–Crippen LogP) is 10.9. The minimum atomic E-state index is 0.362. The van der Waals surface area contributed by atoms with Gasteiger partial charge in [-0.3, -0.25) is 0 Å². The molecule has 0 radical (unpaired) electrons. The first-order valence-corrected chi connectivity index (χ1v) is 25.9. The molecular formula is C45H34Br7N19. The fourth-order valence-corrected chi connectivity index (χ4v) is 7.89. The van der Waals surface area contributed by atoms with Crippen molar-refractivity contribution in [3.8, 4) is 34.2 Å². The largest absolute Gasteiger partial charge is 0.381 e. The molecule has 0 aliphatic carbocycles. The molecule has 0 bridgehead atoms. The summed E-state index contributed by atoms with van der Waals surface area (Å²) in [6.07, 6.45) is 15.1. The lowest BCUT2D eigenvalue weighted by Crippen LogP contribution is -2.06. The van der Waals surface area contributed by atoms with E-state index in [1.807, 2.05) is 72.8 Å². The highest BCUT2D eigenvalue weighted by Crippen LogP contribution is 2.23. The number of nitrogens with zero attached hydrogens (tertiary/aromatic N) is 15. The van der Waals surface area contributed by atoms with E-state index in [2.05, 4.69) is 187 Å². The molecule has 10 aromatic rings. The van der Waals surface area contributed by atoms with E-state index in [1.54, 1.807) is 60.5 Å². The number of fused-ring (bicyclic) bond motifs is 1. The summed E-state index contributed by atoms with van der Waals surface area (Å²) in [6.45, 7) is 1.63. The van der Waals surface area contributed by atoms with Crippen molar-refractivity contribution in [1.29, 1.82) is 0 Å². The second kappa shape index (κ2) is 26.1. The molecular weight excluding hydrogens is 1370 g/mol. The Labute approximate surface area is 464 Å². The van der Waals surface area contributed by atoms with Gasteiger partial charge in [-0.2, -0.15) is 0 Å². The van der Waals surface area contributed by atoms with Crippen LogP contribution in [-0.2, 0) is 19.6 Å². The maximum absolute atomic E-state index is 5.81. The maximum Gasteiger partial charge on any atom is 0.221 e. The van der Waals surface area contributed by atoms with Crippen LogP contribution in [0.1, 0.15) is 16.7 Å². The molecule has 0 saturated heterocycles. The molecule has 3 aromatic carbocycles. The van der Waals surface area contributed by atoms with Crippen LogP contribution in [0.25, 0.3) is 45.5 Å². The Morgan fingerprint density at radius 1 is 0.479 bits per heavy atom. The van der Waals surface area contributed by atoms with Gasteiger partial charge in [-0.1, -0.05) is 59.8 Å². The lowest BCUT2D eigenvalue weighted by atomic mass is 10.1. The molecule has 0 fully saturated rings. The number of nitrogen functional groups attached to an aromatic ring is 2. The van der Waals surface area contributed by atoms with Gasteiger partial charge in [0.05, 0.1) is 38.6 Å². The third-order valence-electron chi connectivity index (χ3n) is 9.14. The van der Waals surface area contributed by atoms with Crippen molar-refractivity contribution in [3.63, 3.8) is 0 Å². The van der Waals surface area contributed by atoms with E-state index in [0.29, 0.717) is 84.3 Å². The van der Waals surface area contributed by atoms with Crippen molar-refractivity contribution in [3.05, 3.63) is 177 Å². The molecule has 0 spiro atoms. The van der Waals surface area contributed by atoms with E-state index in [0.717, 1.165) is 46.8 Å². The Hall–Kier alpha value is -5.74. The van der Waals surface area contributed by atoms with Gasteiger partial charge in [0, 0.05) is 67.0 Å². The van der Waals surface area contributed by atoms with Crippen molar-refractivity contribution in [1.82, 2.24) is 74.8 Å². The Bertz CT molecular complexity index is 3350. The fraction of sp³-hybridized carbons (Fsp3) is 0.0667. The van der Waals surface area contributed by atoms with Crippen LogP contribution >= 0.6 is 112 Å². The van der Waals surface area contributed by atoms with E-state index in [1.165, 1.54) is 0 Å². The van der Waals surface area contributed by atoms with Gasteiger partial charge in [-0.05, 0) is 146 Å². The van der Waals surface area contributed by atoms with E-state index in [9.17, 15) is 0 Å². The number of nitrogens with one attached hydrogen (secondary N) is 1. The first-order valence-electron chi connectivity index (χ1n) is 20.4. The van der Waals surface area contributed by atoms with Crippen LogP contribution in [0.15, 0.2) is 160 Å². The Morgan fingerprint density at radius 3 is 1.45 bits per heavy atom. The third kappa shape index (κ3) is 15.9. The summed E-state index contributed by atoms with van der Waals surface area (Å²) in [7, 11) is 0. The summed E-state index contributed by atoms with van der Waals surface area (Å²) < 4.78 is 6.81. The molecule has 0 amide bonds. The predicted molar refractivity (Wildman–Crippen MR) is 297 cm³/mol. The third-order valence-corrected chi connectivity index (χ3v) is 12.1. The number of aromatic nitrogens is 15. The van der Waals surface area contributed by atoms with Crippen LogP contribution in [-0.4, -0.2) is 74.8 Å². The van der Waals surface area contributed by atoms with E-state index >= 15 is 0 Å². The zero-order valence-electron chi connectivity index (χ0n) is 36.3. The zero-order chi connectivity index (χ0) is 50.3. The SMILES string of the molecule is Brc1cnc(-c2cccc(Cn3nnc4ncc(Br)nc43)c2)nc1.NCc1cccc(-c2ncc(Br)cn2)c1.Nc1ncc(Br)nc1Br.Nc1ncc(Br)nc1NCc1cccc(-c2ncc(Br)cn2)c1. The van der Waals surface area contributed by atoms with Crippen molar-refractivity contribution in [2.75, 3.05) is 16.8 Å². The zero-order valence-corrected chi connectivity index (χ0v) is 47.4. The highest BCUT2D eigenvalue weighted by molar-refractivity contribution is 9.11. The minimum Gasteiger partial charge on any atom is -0.381 e. The summed E-state index contributed by atoms with van der Waals surface area (Å²) in [4.78, 5) is 50.3. The van der Waals surface area contributed by atoms with Crippen molar-refractivity contribution in [2.45, 2.75) is 19.6 Å². The highest BCUT2D eigenvalue weighted by atomic mass is 79.9. The second-order valence-electron chi connectivity index (χ2n) is 14.2. The van der Waals surface area contributed by atoms with Gasteiger partial charge < -0.3 is 22.5 Å². The van der Waals surface area contributed by atoms with Crippen LogP contribution in [0, 0.1) is 0 Å². The molecule has 0 atom stereocenters. The van der Waals surface area contributed by atoms with E-state index in [4.69, 9.17) is 17.2 Å². The first kappa shape index (κ1) is 53.1. The number of benzene rings is 3. The van der Waals surface area contributed by atoms with Gasteiger partial charge in [0.15, 0.2) is 40.6 Å². The van der Waals surface area contributed by atoms with Crippen LogP contribution in [0.3, 0.4) is 0 Å². The molecule has 358 valence electrons. The van der Waals surface area contributed by atoms with Crippen molar-refractivity contribution >= 4 is 140 Å². The Morgan fingerprint density at radius 2 is 0.930 bits per heavy atom. The fourth-order valence-electron chi connectivity index (χ4n) is 5.91. The van der Waals surface area contributed by atoms with Gasteiger partial charge in [0.25, 0.3) is 0 Å². The molecule has 0 unspecified atom stereocenters. The van der Waals surface area contributed by atoms with Gasteiger partial charge in [-0.15, -0.1) is 5.10 Å². The van der Waals surface area contributed by atoms with Crippen molar-refractivity contribution in [2.24, 2.45) is 5.73 Å². The smallest absolute Gasteiger partial charge is 0.221 e. The summed E-state index contributed by atoms with van der Waals surface area (Å²) in [5.41, 5.74) is 24.0. The Kier molecular flexibility index (Phi) is 19.5. The van der Waals surface area contributed by atoms with Crippen LogP contribution < -0.4 is 22.5 Å². The number of halogens is 7. The topological polar surface area (TPSA) is 275 Å². The van der Waals surface area contributed by atoms with E-state index < -0.39 is 0 Å². The Balaban J connectivity index is 0.000000147. The number of hydrogen-bond acceptors (Lipinski definition) is 18. The van der Waals surface area contributed by atoms with Crippen molar-refractivity contribution < 1.29 is 0 Å². The quantitative estimate of drug-likeness (QED) is 0.105. The standard InChI is InChI=1S/C15H9Br2N7.C15H12Br2N6.C11H10BrN3.C4H3Br2N3/c16-11-5-18-13(19-6-11)10-3-1-2-9(4-10)8-24-15-14(22-23-24)20-7-12(17)21-15;16-11-6-21-14(22-7-11)10-3-1-2-9(4-10)5-20-15-13(18)19-8-12(17)23-15;12-10-6-14-11(15-7-10)9-3-1-2-8(4-9)5-13;5-2-1-8-4(7)3(6)9-2/h1-7H,8H2;1-4,6-8H,5H2,(H2,18,19)(H,20,23);1-4,6-7H,5,13H2;1H,(H2,7,8). The molecule has 0 saturated carbocycles. The molecule has 71 heavy (non-hydrogen) atoms. The molecule has 7 aromatic heterocycles. The number of hydrogen-bond donors (Lipinski definition) is 4.